The van der Waals surface area contributed by atoms with Crippen molar-refractivity contribution >= 4 is 0 Å². The lowest BCUT2D eigenvalue weighted by Crippen LogP contribution is -2.18. The van der Waals surface area contributed by atoms with E-state index in [0.29, 0.717) is 12.1 Å². The van der Waals surface area contributed by atoms with E-state index in [4.69, 9.17) is 10.5 Å². The number of aryl methyl sites for hydroxylation is 1. The van der Waals surface area contributed by atoms with Gasteiger partial charge in [-0.05, 0) is 38.2 Å². The monoisotopic (exact) mass is 219 g/mol. The van der Waals surface area contributed by atoms with Crippen LogP contribution in [0.15, 0.2) is 24.3 Å². The lowest BCUT2D eigenvalue weighted by Gasteiger charge is -2.11. The molecule has 2 heteroatoms. The molecule has 1 aromatic carbocycles. The van der Waals surface area contributed by atoms with Crippen LogP contribution >= 0.6 is 0 Å². The van der Waals surface area contributed by atoms with Gasteiger partial charge in [0.15, 0.2) is 0 Å². The van der Waals surface area contributed by atoms with Gasteiger partial charge < -0.3 is 10.5 Å². The Morgan fingerprint density at radius 2 is 2.00 bits per heavy atom. The molecule has 2 nitrogen and oxygen atoms in total. The Kier molecular flexibility index (Phi) is 3.97. The van der Waals surface area contributed by atoms with E-state index >= 15 is 0 Å². The summed E-state index contributed by atoms with van der Waals surface area (Å²) in [5, 5.41) is 0. The largest absolute Gasteiger partial charge is 0.378 e. The van der Waals surface area contributed by atoms with E-state index in [2.05, 4.69) is 31.2 Å². The molecule has 1 aromatic rings. The number of hydrogen-bond donors (Lipinski definition) is 1. The Labute approximate surface area is 97.8 Å². The third-order valence-corrected chi connectivity index (χ3v) is 3.29. The summed E-state index contributed by atoms with van der Waals surface area (Å²) in [7, 11) is 0. The molecule has 1 aliphatic carbocycles. The second-order valence-electron chi connectivity index (χ2n) is 4.80. The van der Waals surface area contributed by atoms with E-state index in [1.165, 1.54) is 11.1 Å². The van der Waals surface area contributed by atoms with Crippen molar-refractivity contribution in [3.05, 3.63) is 35.4 Å². The summed E-state index contributed by atoms with van der Waals surface area (Å²) in [6.07, 6.45) is 4.70. The molecule has 2 rings (SSSR count). The summed E-state index contributed by atoms with van der Waals surface area (Å²) < 4.78 is 5.83. The first-order chi connectivity index (χ1) is 7.74. The predicted octanol–water partition coefficient (Wildman–Crippen LogP) is 2.43. The molecule has 0 amide bonds. The molecule has 1 saturated carbocycles. The van der Waals surface area contributed by atoms with Crippen LogP contribution in [-0.2, 0) is 11.2 Å². The Bertz CT molecular complexity index is 320. The molecule has 1 fully saturated rings. The highest BCUT2D eigenvalue weighted by molar-refractivity contribution is 5.21. The summed E-state index contributed by atoms with van der Waals surface area (Å²) in [4.78, 5) is 0. The van der Waals surface area contributed by atoms with Crippen molar-refractivity contribution in [2.75, 3.05) is 6.61 Å². The lowest BCUT2D eigenvalue weighted by atomic mass is 10.1. The van der Waals surface area contributed by atoms with Gasteiger partial charge >= 0.3 is 0 Å². The maximum Gasteiger partial charge on any atom is 0.0590 e. The normalized spacial score (nSPS) is 24.9. The molecule has 88 valence electrons. The number of hydrogen-bond acceptors (Lipinski definition) is 2. The molecule has 0 heterocycles. The number of benzene rings is 1. The molecule has 0 saturated heterocycles. The van der Waals surface area contributed by atoms with Crippen molar-refractivity contribution in [2.24, 2.45) is 5.73 Å². The van der Waals surface area contributed by atoms with Gasteiger partial charge in [0.1, 0.15) is 0 Å². The van der Waals surface area contributed by atoms with Crippen molar-refractivity contribution in [3.63, 3.8) is 0 Å². The van der Waals surface area contributed by atoms with Gasteiger partial charge in [0.2, 0.25) is 0 Å². The van der Waals surface area contributed by atoms with E-state index in [1.54, 1.807) is 0 Å². The van der Waals surface area contributed by atoms with E-state index in [-0.39, 0.29) is 0 Å². The van der Waals surface area contributed by atoms with Gasteiger partial charge in [0.25, 0.3) is 0 Å². The quantitative estimate of drug-likeness (QED) is 0.844. The fourth-order valence-electron chi connectivity index (χ4n) is 2.22. The van der Waals surface area contributed by atoms with Crippen LogP contribution < -0.4 is 5.73 Å². The molecule has 0 spiro atoms. The molecule has 16 heavy (non-hydrogen) atoms. The van der Waals surface area contributed by atoms with Crippen molar-refractivity contribution in [2.45, 2.75) is 44.8 Å². The van der Waals surface area contributed by atoms with E-state index in [9.17, 15) is 0 Å². The van der Waals surface area contributed by atoms with Gasteiger partial charge in [-0.15, -0.1) is 0 Å². The van der Waals surface area contributed by atoms with Crippen LogP contribution in [-0.4, -0.2) is 18.8 Å². The Morgan fingerprint density at radius 1 is 1.25 bits per heavy atom. The average Bonchev–Trinajstić information content (AvgIpc) is 2.67. The Balaban J connectivity index is 1.70. The maximum atomic E-state index is 5.84. The van der Waals surface area contributed by atoms with Crippen LogP contribution in [0.25, 0.3) is 0 Å². The third-order valence-electron chi connectivity index (χ3n) is 3.29. The first kappa shape index (κ1) is 11.6. The summed E-state index contributed by atoms with van der Waals surface area (Å²) in [5.41, 5.74) is 8.51. The average molecular weight is 219 g/mol. The smallest absolute Gasteiger partial charge is 0.0590 e. The fraction of sp³-hybridized carbons (Fsp3) is 0.571. The highest BCUT2D eigenvalue weighted by atomic mass is 16.5. The van der Waals surface area contributed by atoms with Crippen molar-refractivity contribution in [1.82, 2.24) is 0 Å². The van der Waals surface area contributed by atoms with Gasteiger partial charge in [-0.2, -0.15) is 0 Å². The SMILES string of the molecule is Cc1ccc(CCO[C@@H]2CC[C@@H](N)C2)cc1. The van der Waals surface area contributed by atoms with Crippen LogP contribution in [0.4, 0.5) is 0 Å². The molecule has 1 aliphatic rings. The van der Waals surface area contributed by atoms with Crippen LogP contribution in [0, 0.1) is 6.92 Å². The predicted molar refractivity (Wildman–Crippen MR) is 66.4 cm³/mol. The van der Waals surface area contributed by atoms with Gasteiger partial charge in [-0.25, -0.2) is 0 Å². The molecule has 0 radical (unpaired) electrons. The van der Waals surface area contributed by atoms with Gasteiger partial charge in [0.05, 0.1) is 12.7 Å². The van der Waals surface area contributed by atoms with Crippen LogP contribution in [0.1, 0.15) is 30.4 Å². The Morgan fingerprint density at radius 3 is 2.62 bits per heavy atom. The fourth-order valence-corrected chi connectivity index (χ4v) is 2.22. The molecular weight excluding hydrogens is 198 g/mol. The molecule has 0 aromatic heterocycles. The first-order valence-corrected chi connectivity index (χ1v) is 6.17. The minimum atomic E-state index is 0.365. The number of nitrogens with two attached hydrogens (primary N) is 1. The topological polar surface area (TPSA) is 35.2 Å². The van der Waals surface area contributed by atoms with Crippen LogP contribution in [0.2, 0.25) is 0 Å². The van der Waals surface area contributed by atoms with Gasteiger partial charge in [-0.3, -0.25) is 0 Å². The zero-order valence-electron chi connectivity index (χ0n) is 9.99. The summed E-state index contributed by atoms with van der Waals surface area (Å²) >= 11 is 0. The van der Waals surface area contributed by atoms with Crippen LogP contribution in [0.3, 0.4) is 0 Å². The highest BCUT2D eigenvalue weighted by Gasteiger charge is 2.21. The van der Waals surface area contributed by atoms with Crippen LogP contribution in [0.5, 0.6) is 0 Å². The standard InChI is InChI=1S/C14H21NO/c1-11-2-4-12(5-3-11)8-9-16-14-7-6-13(15)10-14/h2-5,13-14H,6-10,15H2,1H3/t13-,14-/m1/s1. The summed E-state index contributed by atoms with van der Waals surface area (Å²) in [5.74, 6) is 0. The summed E-state index contributed by atoms with van der Waals surface area (Å²) in [6, 6.07) is 9.03. The van der Waals surface area contributed by atoms with E-state index in [1.807, 2.05) is 0 Å². The molecule has 2 atom stereocenters. The van der Waals surface area contributed by atoms with Crippen molar-refractivity contribution < 1.29 is 4.74 Å². The second-order valence-corrected chi connectivity index (χ2v) is 4.80. The van der Waals surface area contributed by atoms with Gasteiger partial charge in [-0.1, -0.05) is 29.8 Å². The lowest BCUT2D eigenvalue weighted by molar-refractivity contribution is 0.0598. The van der Waals surface area contributed by atoms with Crippen molar-refractivity contribution in [1.29, 1.82) is 0 Å². The minimum absolute atomic E-state index is 0.365. The second kappa shape index (κ2) is 5.46. The molecule has 0 bridgehead atoms. The Hall–Kier alpha value is -0.860. The highest BCUT2D eigenvalue weighted by Crippen LogP contribution is 2.20. The molecule has 2 N–H and O–H groups in total. The molecule has 0 aliphatic heterocycles. The minimum Gasteiger partial charge on any atom is -0.378 e. The van der Waals surface area contributed by atoms with Gasteiger partial charge in [0, 0.05) is 6.04 Å². The van der Waals surface area contributed by atoms with Crippen molar-refractivity contribution in [3.8, 4) is 0 Å². The first-order valence-electron chi connectivity index (χ1n) is 6.17. The molecular formula is C14H21NO. The summed E-state index contributed by atoms with van der Waals surface area (Å²) in [6.45, 7) is 2.93. The van der Waals surface area contributed by atoms with E-state index < -0.39 is 0 Å². The number of ether oxygens (including phenoxy) is 1. The third kappa shape index (κ3) is 3.32. The zero-order chi connectivity index (χ0) is 11.4. The number of rotatable bonds is 4. The molecule has 0 unspecified atom stereocenters. The maximum absolute atomic E-state index is 5.84. The van der Waals surface area contributed by atoms with E-state index in [0.717, 1.165) is 32.3 Å². The zero-order valence-corrected chi connectivity index (χ0v) is 9.99.